The Balaban J connectivity index is 0. The molecule has 0 aliphatic carbocycles. The molecule has 0 aromatic carbocycles. The second kappa shape index (κ2) is 8.25. The van der Waals surface area contributed by atoms with Gasteiger partial charge in [-0.1, -0.05) is 0 Å². The summed E-state index contributed by atoms with van der Waals surface area (Å²) in [5, 5.41) is 0. The molecule has 0 saturated heterocycles. The molecule has 19 heavy (non-hydrogen) atoms. The van der Waals surface area contributed by atoms with E-state index < -0.39 is 17.5 Å². The fourth-order valence-corrected chi connectivity index (χ4v) is 1.95. The minimum atomic E-state index is -1.79. The zero-order valence-corrected chi connectivity index (χ0v) is 14.1. The summed E-state index contributed by atoms with van der Waals surface area (Å²) < 4.78 is 31.4. The van der Waals surface area contributed by atoms with Gasteiger partial charge in [0.15, 0.2) is 0 Å². The molecule has 0 aliphatic heterocycles. The Morgan fingerprint density at radius 3 is 1.26 bits per heavy atom. The third kappa shape index (κ3) is 2.99. The Bertz CT molecular complexity index is 292. The van der Waals surface area contributed by atoms with E-state index in [4.69, 9.17) is 35.0 Å². The second-order valence-corrected chi connectivity index (χ2v) is 3.51. The molecule has 1 unspecified atom stereocenters. The average Bonchev–Trinajstić information content (AvgIpc) is 2.43. The molecule has 0 aromatic rings. The van der Waals surface area contributed by atoms with Gasteiger partial charge in [-0.3, -0.25) is 9.47 Å². The Kier molecular flexibility index (Phi) is 9.20. The van der Waals surface area contributed by atoms with Gasteiger partial charge in [-0.05, 0) is 6.92 Å². The van der Waals surface area contributed by atoms with Crippen molar-refractivity contribution >= 4 is 0 Å². The molecule has 0 spiro atoms. The van der Waals surface area contributed by atoms with Crippen LogP contribution < -0.4 is 0 Å². The van der Waals surface area contributed by atoms with E-state index in [1.807, 2.05) is 0 Å². The van der Waals surface area contributed by atoms with Crippen LogP contribution in [-0.4, -0.2) is 60.1 Å². The summed E-state index contributed by atoms with van der Waals surface area (Å²) in [6.45, 7) is 8.84. The molecule has 0 aromatic heterocycles. The van der Waals surface area contributed by atoms with Crippen LogP contribution in [0.25, 0.3) is 4.85 Å². The van der Waals surface area contributed by atoms with Crippen molar-refractivity contribution in [3.05, 3.63) is 11.4 Å². The van der Waals surface area contributed by atoms with Crippen LogP contribution in [-0.2, 0) is 48.5 Å². The number of hydrogen-bond donors (Lipinski definition) is 0. The van der Waals surface area contributed by atoms with Crippen molar-refractivity contribution < 1.29 is 48.5 Å². The quantitative estimate of drug-likeness (QED) is 0.472. The van der Waals surface area contributed by atoms with E-state index >= 15 is 0 Å². The van der Waals surface area contributed by atoms with Gasteiger partial charge in [0.2, 0.25) is 0 Å². The Morgan fingerprint density at radius 1 is 0.737 bits per heavy atom. The normalized spacial score (nSPS) is 15.3. The maximum absolute atomic E-state index is 7.30. The van der Waals surface area contributed by atoms with Crippen LogP contribution in [0.2, 0.25) is 0 Å². The van der Waals surface area contributed by atoms with E-state index in [1.165, 1.54) is 49.6 Å². The van der Waals surface area contributed by atoms with E-state index in [0.717, 1.165) is 0 Å². The predicted octanol–water partition coefficient (Wildman–Crippen LogP) is 0.848. The molecule has 0 N–H and O–H groups in total. The molecule has 0 amide bonds. The van der Waals surface area contributed by atoms with Crippen LogP contribution >= 0.6 is 0 Å². The molecule has 7 nitrogen and oxygen atoms in total. The Labute approximate surface area is 127 Å². The summed E-state index contributed by atoms with van der Waals surface area (Å²) in [7, 11) is 8.12. The summed E-state index contributed by atoms with van der Waals surface area (Å²) in [6, 6.07) is 0. The van der Waals surface area contributed by atoms with Crippen LogP contribution in [0, 0.1) is 6.57 Å². The molecule has 0 heterocycles. The van der Waals surface area contributed by atoms with Gasteiger partial charge < -0.3 is 18.9 Å². The fourth-order valence-electron chi connectivity index (χ4n) is 1.95. The van der Waals surface area contributed by atoms with Crippen LogP contribution in [0.4, 0.5) is 0 Å². The molecule has 0 bridgehead atoms. The monoisotopic (exact) mass is 360 g/mol. The molecular formula is C11H21NO6Tc. The molecular weight excluding hydrogens is 340 g/mol. The summed E-state index contributed by atoms with van der Waals surface area (Å²) in [6.07, 6.45) is 0. The zero-order valence-electron chi connectivity index (χ0n) is 12.3. The summed E-state index contributed by atoms with van der Waals surface area (Å²) in [4.78, 5) is 3.35. The minimum Gasteiger partial charge on any atom is -0.359 e. The van der Waals surface area contributed by atoms with Crippen LogP contribution in [0.1, 0.15) is 6.92 Å². The van der Waals surface area contributed by atoms with Gasteiger partial charge in [0, 0.05) is 62.8 Å². The van der Waals surface area contributed by atoms with Gasteiger partial charge in [0.1, 0.15) is 0 Å². The first kappa shape index (κ1) is 21.2. The number of nitrogens with zero attached hydrogens (tertiary/aromatic N) is 1. The predicted molar refractivity (Wildman–Crippen MR) is 62.5 cm³/mol. The number of rotatable bonds is 8. The largest absolute Gasteiger partial charge is 0.494 e. The van der Waals surface area contributed by atoms with Crippen molar-refractivity contribution in [1.82, 2.24) is 0 Å². The van der Waals surface area contributed by atoms with Crippen LogP contribution in [0.5, 0.6) is 0 Å². The summed E-state index contributed by atoms with van der Waals surface area (Å²) in [5.41, 5.74) is -1.50. The van der Waals surface area contributed by atoms with Gasteiger partial charge in [-0.2, -0.15) is 0 Å². The molecule has 1 atom stereocenters. The first-order chi connectivity index (χ1) is 8.42. The third-order valence-corrected chi connectivity index (χ3v) is 3.10. The maximum atomic E-state index is 7.30. The first-order valence-electron chi connectivity index (χ1n) is 5.12. The standard InChI is InChI=1S/C11H21NO6.Tc/c1-9(13-3,10(12-2,14-4)15-5)11(16-6,17-7)18-8;/h1,3-8H3;. The third-order valence-electron chi connectivity index (χ3n) is 3.10. The van der Waals surface area contributed by atoms with E-state index in [-0.39, 0.29) is 20.1 Å². The van der Waals surface area contributed by atoms with E-state index in [1.54, 1.807) is 0 Å². The molecule has 1 radical (unpaired) electrons. The smallest absolute Gasteiger partial charge is 0.359 e. The molecule has 0 aliphatic rings. The zero-order chi connectivity index (χ0) is 14.4. The van der Waals surface area contributed by atoms with Crippen molar-refractivity contribution in [2.75, 3.05) is 42.7 Å². The Hall–Kier alpha value is -0.101. The number of ether oxygens (including phenoxy) is 6. The van der Waals surface area contributed by atoms with Crippen molar-refractivity contribution in [2.45, 2.75) is 24.4 Å². The fraction of sp³-hybridized carbons (Fsp3) is 0.909. The summed E-state index contributed by atoms with van der Waals surface area (Å²) >= 11 is 0. The van der Waals surface area contributed by atoms with Gasteiger partial charge >= 0.3 is 11.9 Å². The van der Waals surface area contributed by atoms with Gasteiger partial charge in [-0.25, -0.2) is 11.4 Å². The average molecular weight is 361 g/mol. The molecule has 113 valence electrons. The van der Waals surface area contributed by atoms with Crippen molar-refractivity contribution in [3.8, 4) is 0 Å². The number of hydrogen-bond acceptors (Lipinski definition) is 6. The first-order valence-corrected chi connectivity index (χ1v) is 5.12. The second-order valence-electron chi connectivity index (χ2n) is 3.51. The minimum absolute atomic E-state index is 0. The van der Waals surface area contributed by atoms with Crippen molar-refractivity contribution in [3.63, 3.8) is 0 Å². The molecule has 0 saturated carbocycles. The van der Waals surface area contributed by atoms with Gasteiger partial charge in [-0.15, -0.1) is 0 Å². The molecule has 8 heteroatoms. The Morgan fingerprint density at radius 2 is 1.11 bits per heavy atom. The number of methoxy groups -OCH3 is 6. The van der Waals surface area contributed by atoms with Gasteiger partial charge in [0.25, 0.3) is 5.60 Å². The van der Waals surface area contributed by atoms with Crippen molar-refractivity contribution in [1.29, 1.82) is 0 Å². The topological polar surface area (TPSA) is 59.7 Å². The summed E-state index contributed by atoms with van der Waals surface area (Å²) in [5.74, 6) is -3.46. The maximum Gasteiger partial charge on any atom is 0.494 e. The van der Waals surface area contributed by atoms with Crippen molar-refractivity contribution in [2.24, 2.45) is 0 Å². The molecule has 0 fully saturated rings. The van der Waals surface area contributed by atoms with E-state index in [2.05, 4.69) is 4.85 Å². The van der Waals surface area contributed by atoms with E-state index in [0.29, 0.717) is 0 Å². The van der Waals surface area contributed by atoms with E-state index in [9.17, 15) is 0 Å². The van der Waals surface area contributed by atoms with Crippen LogP contribution in [0.15, 0.2) is 0 Å². The molecule has 0 rings (SSSR count). The van der Waals surface area contributed by atoms with Gasteiger partial charge in [0.05, 0.1) is 0 Å². The van der Waals surface area contributed by atoms with Crippen LogP contribution in [0.3, 0.4) is 0 Å². The SMILES string of the molecule is [C-]#[N+]C(OC)(OC)C(C)(OC)C(OC)(OC)OC.[Tc].